The average Bonchev–Trinajstić information content (AvgIpc) is 2.70. The molecule has 172 valence electrons. The van der Waals surface area contributed by atoms with E-state index in [0.29, 0.717) is 6.42 Å². The molecule has 0 aromatic heterocycles. The number of esters is 1. The van der Waals surface area contributed by atoms with E-state index in [2.05, 4.69) is 6.92 Å². The minimum atomic E-state index is -1.26. The standard InChI is InChI=1S/C22H40IO5S/c1-2-3-4-5-6-7-8-9-10-11-12-13-14-15-16-17-21(26)28-19(18-20(24)25)22(27)29-23/h19,23H,2-18H2,1H3,(H,24,25)/q-1/t19-/m0/s1/i23T. The Morgan fingerprint density at radius 2 is 1.31 bits per heavy atom. The van der Waals surface area contributed by atoms with E-state index in [1.807, 2.05) is 0 Å². The second-order valence-electron chi connectivity index (χ2n) is 7.67. The van der Waals surface area contributed by atoms with Crippen LogP contribution in [0.25, 0.3) is 0 Å². The predicted octanol–water partition coefficient (Wildman–Crippen LogP) is 3.09. The van der Waals surface area contributed by atoms with Gasteiger partial charge in [0.25, 0.3) is 0 Å². The average molecular weight is 546 g/mol. The summed E-state index contributed by atoms with van der Waals surface area (Å²) in [4.78, 5) is 34.4. The maximum atomic E-state index is 11.9. The number of ether oxygens (including phenoxy) is 1. The van der Waals surface area contributed by atoms with Crippen molar-refractivity contribution < 1.29 is 45.2 Å². The van der Waals surface area contributed by atoms with Gasteiger partial charge in [-0.2, -0.15) is 0 Å². The zero-order valence-electron chi connectivity index (χ0n) is 19.0. The predicted molar refractivity (Wildman–Crippen MR) is 116 cm³/mol. The molecule has 0 unspecified atom stereocenters. The van der Waals surface area contributed by atoms with Gasteiger partial charge in [-0.25, -0.2) is 0 Å². The summed E-state index contributed by atoms with van der Waals surface area (Å²) < 4.78 is 12.2. The Balaban J connectivity index is 3.57. The fraction of sp³-hybridized carbons (Fsp3) is 0.864. The second-order valence-corrected chi connectivity index (χ2v) is 9.55. The first-order chi connectivity index (χ1) is 14.5. The number of carboxylic acids is 1. The smallest absolute Gasteiger partial charge is 0.0654 e. The van der Waals surface area contributed by atoms with E-state index in [1.54, 1.807) is 0 Å². The molecule has 0 aromatic rings. The fourth-order valence-electron chi connectivity index (χ4n) is 3.24. The maximum absolute atomic E-state index is 11.9. The van der Waals surface area contributed by atoms with Gasteiger partial charge in [0, 0.05) is 0 Å². The summed E-state index contributed by atoms with van der Waals surface area (Å²) >= 11 is -1.12. The summed E-state index contributed by atoms with van der Waals surface area (Å²) in [5.41, 5.74) is 0. The van der Waals surface area contributed by atoms with Gasteiger partial charge in [-0.1, -0.05) is 64.7 Å². The van der Waals surface area contributed by atoms with Crippen LogP contribution in [0.4, 0.5) is 0 Å². The van der Waals surface area contributed by atoms with Crippen LogP contribution in [0.1, 0.15) is 116 Å². The van der Waals surface area contributed by atoms with E-state index >= 15 is 0 Å². The van der Waals surface area contributed by atoms with Crippen molar-refractivity contribution in [3.63, 3.8) is 0 Å². The molecule has 0 aromatic carbocycles. The molecule has 0 aliphatic rings. The number of carbonyl (C=O) groups excluding carboxylic acids is 2. The van der Waals surface area contributed by atoms with Crippen molar-refractivity contribution in [1.82, 2.24) is 0 Å². The summed E-state index contributed by atoms with van der Waals surface area (Å²) in [5, 5.41) is 8.32. The molecule has 0 radical (unpaired) electrons. The SMILES string of the molecule is [3H][I-]SC(=O)[C@H](CC(=O)O)OC(=O)CCCCCCCCCCCCCCCCC. The molecule has 0 heterocycles. The van der Waals surface area contributed by atoms with Crippen molar-refractivity contribution in [3.05, 3.63) is 0 Å². The van der Waals surface area contributed by atoms with Crippen LogP contribution in [0, 0.1) is 0 Å². The summed E-state index contributed by atoms with van der Waals surface area (Å²) in [5.74, 6) is -1.70. The van der Waals surface area contributed by atoms with Crippen LogP contribution < -0.4 is 21.0 Å². The number of hydrogen-bond donors (Lipinski definition) is 1. The molecule has 1 atom stereocenters. The number of unbranched alkanes of at least 4 members (excludes halogenated alkanes) is 14. The van der Waals surface area contributed by atoms with Gasteiger partial charge in [-0.05, 0) is 0 Å². The van der Waals surface area contributed by atoms with E-state index in [1.165, 1.54) is 77.0 Å². The van der Waals surface area contributed by atoms with Crippen LogP contribution in [0.3, 0.4) is 0 Å². The Kier molecular flexibility index (Phi) is 19.3. The number of carbonyl (C=O) groups is 3. The van der Waals surface area contributed by atoms with Crippen LogP contribution in [0.2, 0.25) is 0 Å². The van der Waals surface area contributed by atoms with Crippen LogP contribution in [0.15, 0.2) is 0 Å². The molecular weight excluding hydrogens is 503 g/mol. The van der Waals surface area contributed by atoms with Crippen molar-refractivity contribution in [3.8, 4) is 0 Å². The van der Waals surface area contributed by atoms with Gasteiger partial charge < -0.3 is 0 Å². The number of halogens is 1. The number of carboxylic acid groups (broad SMARTS) is 1. The molecule has 0 saturated carbocycles. The van der Waals surface area contributed by atoms with Gasteiger partial charge in [-0.15, -0.1) is 0 Å². The Bertz CT molecular complexity index is 465. The van der Waals surface area contributed by atoms with Gasteiger partial charge in [0.05, 0.1) is 0 Å². The van der Waals surface area contributed by atoms with Gasteiger partial charge in [0.2, 0.25) is 0 Å². The number of hydrogen-bond acceptors (Lipinski definition) is 5. The Labute approximate surface area is 193 Å². The van der Waals surface area contributed by atoms with Gasteiger partial charge >= 0.3 is 129 Å². The first-order valence-corrected chi connectivity index (χ1v) is 14.6. The molecule has 5 nitrogen and oxygen atoms in total. The van der Waals surface area contributed by atoms with Gasteiger partial charge in [0.1, 0.15) is 0 Å². The van der Waals surface area contributed by atoms with Crippen molar-refractivity contribution in [2.45, 2.75) is 122 Å². The Morgan fingerprint density at radius 1 is 0.862 bits per heavy atom. The fourth-order valence-corrected chi connectivity index (χ4v) is 4.32. The van der Waals surface area contributed by atoms with Crippen LogP contribution in [0.5, 0.6) is 0 Å². The summed E-state index contributed by atoms with van der Waals surface area (Å²) in [6.45, 7) is 2.25. The number of rotatable bonds is 21. The minimum absolute atomic E-state index is 0.211. The first-order valence-electron chi connectivity index (χ1n) is 11.6. The normalized spacial score (nSPS) is 12.5. The van der Waals surface area contributed by atoms with Crippen molar-refractivity contribution >= 4 is 26.0 Å². The molecule has 0 aliphatic carbocycles. The summed E-state index contributed by atoms with van der Waals surface area (Å²) in [6.07, 6.45) is 17.1. The van der Waals surface area contributed by atoms with Gasteiger partial charge in [-0.3, -0.25) is 0 Å². The molecule has 0 rings (SSSR count). The van der Waals surface area contributed by atoms with E-state index in [0.717, 1.165) is 21.8 Å². The van der Waals surface area contributed by atoms with Crippen LogP contribution >= 0.6 is 8.93 Å². The summed E-state index contributed by atoms with van der Waals surface area (Å²) in [6, 6.07) is 0. The minimum Gasteiger partial charge on any atom is -0.0654 e. The molecule has 0 aliphatic heterocycles. The van der Waals surface area contributed by atoms with Crippen LogP contribution in [-0.2, 0) is 19.1 Å². The van der Waals surface area contributed by atoms with E-state index in [4.69, 9.17) is 10.4 Å². The third-order valence-electron chi connectivity index (χ3n) is 4.96. The molecule has 29 heavy (non-hydrogen) atoms. The molecule has 0 saturated heterocycles. The van der Waals surface area contributed by atoms with Crippen molar-refractivity contribution in [2.75, 3.05) is 0 Å². The third-order valence-corrected chi connectivity index (χ3v) is 6.67. The monoisotopic (exact) mass is 545 g/mol. The molecule has 7 heteroatoms. The number of aliphatic carboxylic acids is 1. The van der Waals surface area contributed by atoms with E-state index in [-0.39, 0.29) is 6.42 Å². The first kappa shape index (κ1) is 26.7. The molecule has 0 bridgehead atoms. The second kappa shape index (κ2) is 20.9. The van der Waals surface area contributed by atoms with E-state index in [9.17, 15) is 14.4 Å². The van der Waals surface area contributed by atoms with Gasteiger partial charge in [0.15, 0.2) is 0 Å². The molecule has 0 fully saturated rings. The van der Waals surface area contributed by atoms with Crippen molar-refractivity contribution in [1.29, 1.82) is 0.594 Å². The Hall–Kier alpha value is -0.310. The zero-order valence-corrected chi connectivity index (χ0v) is 20.9. The molecule has 0 amide bonds. The topological polar surface area (TPSA) is 80.7 Å². The molecular formula is C22H40IO5S-. The quantitative estimate of drug-likeness (QED) is 0.136. The van der Waals surface area contributed by atoms with Crippen LogP contribution in [-0.4, -0.2) is 28.9 Å². The Morgan fingerprint density at radius 3 is 1.72 bits per heavy atom. The zero-order chi connectivity index (χ0) is 22.5. The van der Waals surface area contributed by atoms with E-state index < -0.39 is 50.6 Å². The van der Waals surface area contributed by atoms with Crippen molar-refractivity contribution in [2.24, 2.45) is 0 Å². The molecule has 0 spiro atoms. The molecule has 1 N–H and O–H groups in total. The summed E-state index contributed by atoms with van der Waals surface area (Å²) in [7, 11) is 0.770. The third kappa shape index (κ3) is 19.4.